The zero-order valence-electron chi connectivity index (χ0n) is 11.3. The number of thiophene rings is 1. The van der Waals surface area contributed by atoms with Crippen molar-refractivity contribution in [3.63, 3.8) is 0 Å². The third kappa shape index (κ3) is 2.26. The summed E-state index contributed by atoms with van der Waals surface area (Å²) in [6.07, 6.45) is 0. The van der Waals surface area contributed by atoms with E-state index in [-0.39, 0.29) is 21.0 Å². The van der Waals surface area contributed by atoms with Crippen molar-refractivity contribution >= 4 is 39.0 Å². The molecule has 0 spiro atoms. The lowest BCUT2D eigenvalue weighted by atomic mass is 10.00. The lowest BCUT2D eigenvalue weighted by molar-refractivity contribution is 0.0703. The van der Waals surface area contributed by atoms with E-state index in [1.807, 2.05) is 0 Å². The van der Waals surface area contributed by atoms with E-state index in [9.17, 15) is 18.7 Å². The Labute approximate surface area is 133 Å². The predicted molar refractivity (Wildman–Crippen MR) is 83.9 cm³/mol. The molecule has 0 atom stereocenters. The summed E-state index contributed by atoms with van der Waals surface area (Å²) in [6.45, 7) is 1.66. The zero-order chi connectivity index (χ0) is 16.0. The molecule has 1 N–H and O–H groups in total. The number of rotatable bonds is 2. The first-order valence-corrected chi connectivity index (χ1v) is 7.50. The number of fused-ring (bicyclic) bond motifs is 1. The van der Waals surface area contributed by atoms with Gasteiger partial charge in [-0.1, -0.05) is 23.7 Å². The highest BCUT2D eigenvalue weighted by atomic mass is 35.5. The molecule has 0 saturated heterocycles. The van der Waals surface area contributed by atoms with Crippen LogP contribution in [0.1, 0.15) is 15.2 Å². The first-order chi connectivity index (χ1) is 10.4. The van der Waals surface area contributed by atoms with Crippen LogP contribution < -0.4 is 0 Å². The van der Waals surface area contributed by atoms with Crippen molar-refractivity contribution < 1.29 is 18.7 Å². The maximum Gasteiger partial charge on any atom is 0.346 e. The van der Waals surface area contributed by atoms with Gasteiger partial charge >= 0.3 is 5.97 Å². The Morgan fingerprint density at radius 1 is 1.23 bits per heavy atom. The van der Waals surface area contributed by atoms with Gasteiger partial charge in [-0.05, 0) is 30.7 Å². The van der Waals surface area contributed by atoms with Gasteiger partial charge in [0.15, 0.2) is 0 Å². The van der Waals surface area contributed by atoms with E-state index in [1.54, 1.807) is 13.0 Å². The number of hydrogen-bond donors (Lipinski definition) is 1. The summed E-state index contributed by atoms with van der Waals surface area (Å²) < 4.78 is 28.3. The van der Waals surface area contributed by atoms with Gasteiger partial charge in [0.05, 0.1) is 5.02 Å². The summed E-state index contributed by atoms with van der Waals surface area (Å²) in [6, 6.07) is 7.03. The number of halogens is 3. The highest BCUT2D eigenvalue weighted by Gasteiger charge is 2.23. The molecule has 3 aromatic rings. The predicted octanol–water partition coefficient (Wildman–Crippen LogP) is 5.51. The van der Waals surface area contributed by atoms with Crippen LogP contribution in [0.4, 0.5) is 8.78 Å². The first-order valence-electron chi connectivity index (χ1n) is 6.30. The summed E-state index contributed by atoms with van der Waals surface area (Å²) in [7, 11) is 0. The largest absolute Gasteiger partial charge is 0.477 e. The van der Waals surface area contributed by atoms with Crippen LogP contribution in [0.15, 0.2) is 30.3 Å². The summed E-state index contributed by atoms with van der Waals surface area (Å²) in [5.74, 6) is -2.33. The minimum Gasteiger partial charge on any atom is -0.477 e. The monoisotopic (exact) mass is 338 g/mol. The zero-order valence-corrected chi connectivity index (χ0v) is 12.9. The molecule has 0 bridgehead atoms. The number of carbonyl (C=O) groups is 1. The molecule has 0 aliphatic rings. The minimum atomic E-state index is -1.19. The van der Waals surface area contributed by atoms with Gasteiger partial charge in [0.25, 0.3) is 0 Å². The van der Waals surface area contributed by atoms with Gasteiger partial charge < -0.3 is 5.11 Å². The molecule has 0 unspecified atom stereocenters. The molecule has 0 saturated carbocycles. The van der Waals surface area contributed by atoms with Crippen LogP contribution in [0.2, 0.25) is 5.02 Å². The van der Waals surface area contributed by atoms with E-state index in [1.165, 1.54) is 24.3 Å². The van der Waals surface area contributed by atoms with Gasteiger partial charge in [-0.25, -0.2) is 13.6 Å². The smallest absolute Gasteiger partial charge is 0.346 e. The highest BCUT2D eigenvalue weighted by molar-refractivity contribution is 7.21. The van der Waals surface area contributed by atoms with Crippen molar-refractivity contribution in [1.82, 2.24) is 0 Å². The molecule has 3 rings (SSSR count). The minimum absolute atomic E-state index is 0.0422. The van der Waals surface area contributed by atoms with Gasteiger partial charge in [-0.2, -0.15) is 0 Å². The Morgan fingerprint density at radius 2 is 1.95 bits per heavy atom. The molecule has 0 aliphatic heterocycles. The summed E-state index contributed by atoms with van der Waals surface area (Å²) >= 11 is 6.84. The SMILES string of the molecule is Cc1ccc(-c2c(C(=O)O)sc3cc(F)ccc23)c(F)c1Cl. The number of carboxylic acid groups (broad SMARTS) is 1. The topological polar surface area (TPSA) is 37.3 Å². The molecule has 0 amide bonds. The van der Waals surface area contributed by atoms with Crippen molar-refractivity contribution in [2.45, 2.75) is 6.92 Å². The third-order valence-electron chi connectivity index (χ3n) is 3.39. The number of hydrogen-bond acceptors (Lipinski definition) is 2. The normalized spacial score (nSPS) is 11.1. The van der Waals surface area contributed by atoms with Crippen LogP contribution in [0.25, 0.3) is 21.2 Å². The van der Waals surface area contributed by atoms with Crippen molar-refractivity contribution in [3.05, 3.63) is 57.4 Å². The van der Waals surface area contributed by atoms with Crippen LogP contribution in [0.3, 0.4) is 0 Å². The van der Waals surface area contributed by atoms with E-state index < -0.39 is 17.6 Å². The summed E-state index contributed by atoms with van der Waals surface area (Å²) in [4.78, 5) is 11.4. The van der Waals surface area contributed by atoms with Gasteiger partial charge in [0, 0.05) is 21.2 Å². The molecular formula is C16H9ClF2O2S. The molecule has 6 heteroatoms. The average Bonchev–Trinajstić information content (AvgIpc) is 2.83. The number of benzene rings is 2. The van der Waals surface area contributed by atoms with Crippen molar-refractivity contribution in [2.24, 2.45) is 0 Å². The Morgan fingerprint density at radius 3 is 2.64 bits per heavy atom. The molecule has 112 valence electrons. The van der Waals surface area contributed by atoms with Crippen LogP contribution in [-0.4, -0.2) is 11.1 Å². The second kappa shape index (κ2) is 5.34. The van der Waals surface area contributed by atoms with Crippen LogP contribution in [-0.2, 0) is 0 Å². The van der Waals surface area contributed by atoms with Gasteiger partial charge in [0.1, 0.15) is 16.5 Å². The molecule has 0 radical (unpaired) electrons. The number of aromatic carboxylic acids is 1. The van der Waals surface area contributed by atoms with E-state index in [0.29, 0.717) is 15.6 Å². The Balaban J connectivity index is 2.41. The van der Waals surface area contributed by atoms with E-state index in [4.69, 9.17) is 11.6 Å². The second-order valence-electron chi connectivity index (χ2n) is 4.81. The van der Waals surface area contributed by atoms with E-state index in [2.05, 4.69) is 0 Å². The lowest BCUT2D eigenvalue weighted by Gasteiger charge is -2.08. The Hall–Kier alpha value is -1.98. The van der Waals surface area contributed by atoms with E-state index in [0.717, 1.165) is 11.3 Å². The molecule has 0 aliphatic carbocycles. The van der Waals surface area contributed by atoms with Crippen LogP contribution in [0, 0.1) is 18.6 Å². The fraction of sp³-hybridized carbons (Fsp3) is 0.0625. The summed E-state index contributed by atoms with van der Waals surface area (Å²) in [5, 5.41) is 9.82. The van der Waals surface area contributed by atoms with Crippen LogP contribution >= 0.6 is 22.9 Å². The van der Waals surface area contributed by atoms with Gasteiger partial charge in [0.2, 0.25) is 0 Å². The first kappa shape index (κ1) is 14.9. The fourth-order valence-corrected chi connectivity index (χ4v) is 3.57. The van der Waals surface area contributed by atoms with Gasteiger partial charge in [-0.15, -0.1) is 11.3 Å². The molecule has 0 fully saturated rings. The molecular weight excluding hydrogens is 330 g/mol. The lowest BCUT2D eigenvalue weighted by Crippen LogP contribution is -1.97. The second-order valence-corrected chi connectivity index (χ2v) is 6.24. The van der Waals surface area contributed by atoms with Crippen molar-refractivity contribution in [3.8, 4) is 11.1 Å². The molecule has 1 heterocycles. The summed E-state index contributed by atoms with van der Waals surface area (Å²) in [5.41, 5.74) is 0.892. The maximum absolute atomic E-state index is 14.5. The molecule has 2 nitrogen and oxygen atoms in total. The molecule has 1 aromatic heterocycles. The Kier molecular flexibility index (Phi) is 3.62. The van der Waals surface area contributed by atoms with E-state index >= 15 is 0 Å². The third-order valence-corrected chi connectivity index (χ3v) is 5.00. The van der Waals surface area contributed by atoms with Crippen LogP contribution in [0.5, 0.6) is 0 Å². The molecule has 22 heavy (non-hydrogen) atoms. The Bertz CT molecular complexity index is 918. The number of carboxylic acids is 1. The average molecular weight is 339 g/mol. The highest BCUT2D eigenvalue weighted by Crippen LogP contribution is 2.41. The maximum atomic E-state index is 14.5. The van der Waals surface area contributed by atoms with Crippen molar-refractivity contribution in [2.75, 3.05) is 0 Å². The van der Waals surface area contributed by atoms with Crippen molar-refractivity contribution in [1.29, 1.82) is 0 Å². The van der Waals surface area contributed by atoms with Gasteiger partial charge in [-0.3, -0.25) is 0 Å². The quantitative estimate of drug-likeness (QED) is 0.669. The number of aryl methyl sites for hydroxylation is 1. The fourth-order valence-electron chi connectivity index (χ4n) is 2.33. The standard InChI is InChI=1S/C16H9ClF2O2S/c1-7-2-4-10(14(19)13(7)17)12-9-5-3-8(18)6-11(9)22-15(12)16(20)21/h2-6H,1H3,(H,20,21). The molecule has 2 aromatic carbocycles.